The summed E-state index contributed by atoms with van der Waals surface area (Å²) in [6.45, 7) is 0. The van der Waals surface area contributed by atoms with Crippen LogP contribution >= 0.6 is 11.8 Å². The Morgan fingerprint density at radius 3 is 1.70 bits per heavy atom. The second kappa shape index (κ2) is 13.5. The Kier molecular flexibility index (Phi) is 7.48. The van der Waals surface area contributed by atoms with Gasteiger partial charge in [0.1, 0.15) is 0 Å². The Balaban J connectivity index is 1.03. The van der Waals surface area contributed by atoms with Crippen LogP contribution in [0.3, 0.4) is 0 Å². The molecule has 0 saturated carbocycles. The predicted molar refractivity (Wildman–Crippen MR) is 261 cm³/mol. The van der Waals surface area contributed by atoms with E-state index in [4.69, 9.17) is 15.0 Å². The molecule has 12 aromatic rings. The Hall–Kier alpha value is -8.06. The van der Waals surface area contributed by atoms with Crippen molar-refractivity contribution in [1.29, 1.82) is 0 Å². The molecule has 1 atom stereocenters. The van der Waals surface area contributed by atoms with Gasteiger partial charge in [-0.3, -0.25) is 0 Å². The van der Waals surface area contributed by atoms with E-state index >= 15 is 0 Å². The average Bonchev–Trinajstić information content (AvgIpc) is 3.90. The Bertz CT molecular complexity index is 3830. The van der Waals surface area contributed by atoms with Gasteiger partial charge in [-0.2, -0.15) is 0 Å². The van der Waals surface area contributed by atoms with Crippen LogP contribution in [-0.4, -0.2) is 24.1 Å². The van der Waals surface area contributed by atoms with Crippen LogP contribution in [0.25, 0.3) is 89.2 Å². The van der Waals surface area contributed by atoms with E-state index in [1.165, 1.54) is 70.3 Å². The molecular formula is C58H35N5S. The van der Waals surface area contributed by atoms with Gasteiger partial charge in [-0.1, -0.05) is 182 Å². The summed E-state index contributed by atoms with van der Waals surface area (Å²) in [6, 6.07) is 76.7. The SMILES string of the molecule is c1ccc(-c2nc(-c3ccccc3)nc(-c3cccc(-n4c5ccccc5c5c6c(ccc54)C4(c5ccccc5S6)c5ccccc5-n5c6ccccc6c6cccc4c65)c3)n2)cc1. The molecule has 5 nitrogen and oxygen atoms in total. The Morgan fingerprint density at radius 2 is 0.938 bits per heavy atom. The van der Waals surface area contributed by atoms with Gasteiger partial charge in [-0.15, -0.1) is 0 Å². The van der Waals surface area contributed by atoms with E-state index in [0.717, 1.165) is 33.4 Å². The molecule has 298 valence electrons. The second-order valence-electron chi connectivity index (χ2n) is 16.7. The van der Waals surface area contributed by atoms with Gasteiger partial charge in [0.15, 0.2) is 17.5 Å². The highest BCUT2D eigenvalue weighted by atomic mass is 32.2. The van der Waals surface area contributed by atoms with Crippen molar-refractivity contribution in [2.24, 2.45) is 0 Å². The normalized spacial score (nSPS) is 14.9. The summed E-state index contributed by atoms with van der Waals surface area (Å²) < 4.78 is 4.94. The van der Waals surface area contributed by atoms with Crippen LogP contribution in [0.5, 0.6) is 0 Å². The summed E-state index contributed by atoms with van der Waals surface area (Å²) in [5.74, 6) is 1.92. The minimum absolute atomic E-state index is 0.569. The van der Waals surface area contributed by atoms with Crippen LogP contribution < -0.4 is 0 Å². The summed E-state index contributed by atoms with van der Waals surface area (Å²) in [7, 11) is 0. The van der Waals surface area contributed by atoms with Crippen molar-refractivity contribution in [2.45, 2.75) is 15.2 Å². The molecule has 0 radical (unpaired) electrons. The first-order valence-corrected chi connectivity index (χ1v) is 22.5. The smallest absolute Gasteiger partial charge is 0.164 e. The Labute approximate surface area is 373 Å². The molecule has 0 fully saturated rings. The van der Waals surface area contributed by atoms with Gasteiger partial charge < -0.3 is 9.13 Å². The number of nitrogens with zero attached hydrogens (tertiary/aromatic N) is 5. The Morgan fingerprint density at radius 1 is 0.375 bits per heavy atom. The minimum atomic E-state index is -0.569. The fourth-order valence-electron chi connectivity index (χ4n) is 10.8. The van der Waals surface area contributed by atoms with Gasteiger partial charge in [0.05, 0.1) is 33.2 Å². The highest BCUT2D eigenvalue weighted by Crippen LogP contribution is 2.62. The maximum Gasteiger partial charge on any atom is 0.164 e. The van der Waals surface area contributed by atoms with Crippen LogP contribution in [0.15, 0.2) is 222 Å². The molecule has 1 unspecified atom stereocenters. The molecule has 64 heavy (non-hydrogen) atoms. The van der Waals surface area contributed by atoms with E-state index in [-0.39, 0.29) is 0 Å². The molecule has 0 aliphatic carbocycles. The lowest BCUT2D eigenvalue weighted by Gasteiger charge is -2.45. The highest BCUT2D eigenvalue weighted by molar-refractivity contribution is 7.99. The maximum atomic E-state index is 5.10. The number of hydrogen-bond donors (Lipinski definition) is 0. The zero-order valence-electron chi connectivity index (χ0n) is 34.4. The zero-order chi connectivity index (χ0) is 41.9. The van der Waals surface area contributed by atoms with Crippen LogP contribution in [0.2, 0.25) is 0 Å². The van der Waals surface area contributed by atoms with Crippen molar-refractivity contribution in [3.63, 3.8) is 0 Å². The van der Waals surface area contributed by atoms with E-state index < -0.39 is 5.41 Å². The molecule has 0 bridgehead atoms. The molecule has 0 saturated heterocycles. The lowest BCUT2D eigenvalue weighted by molar-refractivity contribution is 0.692. The van der Waals surface area contributed by atoms with Crippen LogP contribution in [0, 0.1) is 0 Å². The summed E-state index contributed by atoms with van der Waals surface area (Å²) in [5.41, 5.74) is 14.6. The van der Waals surface area contributed by atoms with Crippen molar-refractivity contribution in [3.8, 4) is 45.5 Å². The number of rotatable bonds is 4. The summed E-state index contributed by atoms with van der Waals surface area (Å²) in [4.78, 5) is 17.7. The van der Waals surface area contributed by atoms with E-state index in [2.05, 4.69) is 185 Å². The molecule has 9 aromatic carbocycles. The van der Waals surface area contributed by atoms with Gasteiger partial charge in [-0.25, -0.2) is 15.0 Å². The minimum Gasteiger partial charge on any atom is -0.309 e. The quantitative estimate of drug-likeness (QED) is 0.177. The molecular weight excluding hydrogens is 799 g/mol. The van der Waals surface area contributed by atoms with Gasteiger partial charge in [0.2, 0.25) is 0 Å². The topological polar surface area (TPSA) is 48.5 Å². The van der Waals surface area contributed by atoms with Gasteiger partial charge in [0, 0.05) is 53.7 Å². The standard InChI is InChI=1S/C58H35N5S/c1-3-17-36(18-4-1)55-59-56(37-19-5-2-6-20-37)61-57(60-55)38-21-15-22-39(35-38)62-48-30-12-8-24-42(48)52-50(62)34-33-46-54(52)64-51-32-14-10-27-44(51)58(46)43-26-9-13-31-49(43)63-47-29-11-7-23-40(47)41-25-16-28-45(58)53(41)63/h1-35H. The molecule has 6 heteroatoms. The third-order valence-electron chi connectivity index (χ3n) is 13.4. The second-order valence-corrected chi connectivity index (χ2v) is 17.7. The number of aromatic nitrogens is 5. The number of para-hydroxylation sites is 4. The first-order valence-electron chi connectivity index (χ1n) is 21.7. The van der Waals surface area contributed by atoms with Crippen LogP contribution in [0.4, 0.5) is 0 Å². The monoisotopic (exact) mass is 833 g/mol. The van der Waals surface area contributed by atoms with Gasteiger partial charge in [-0.05, 0) is 64.7 Å². The van der Waals surface area contributed by atoms with E-state index in [1.807, 2.05) is 48.2 Å². The number of fused-ring (bicyclic) bond motifs is 15. The molecule has 0 N–H and O–H groups in total. The van der Waals surface area contributed by atoms with Crippen molar-refractivity contribution < 1.29 is 0 Å². The highest BCUT2D eigenvalue weighted by Gasteiger charge is 2.50. The average molecular weight is 834 g/mol. The molecule has 14 rings (SSSR count). The summed E-state index contributed by atoms with van der Waals surface area (Å²) >= 11 is 1.91. The van der Waals surface area contributed by atoms with E-state index in [9.17, 15) is 0 Å². The van der Waals surface area contributed by atoms with Crippen LogP contribution in [0.1, 0.15) is 22.3 Å². The van der Waals surface area contributed by atoms with Gasteiger partial charge >= 0.3 is 0 Å². The van der Waals surface area contributed by atoms with Crippen molar-refractivity contribution in [1.82, 2.24) is 24.1 Å². The van der Waals surface area contributed by atoms with E-state index in [1.54, 1.807) is 0 Å². The van der Waals surface area contributed by atoms with Crippen molar-refractivity contribution >= 4 is 55.4 Å². The fourth-order valence-corrected chi connectivity index (χ4v) is 12.2. The van der Waals surface area contributed by atoms with Crippen LogP contribution in [-0.2, 0) is 5.41 Å². The zero-order valence-corrected chi connectivity index (χ0v) is 35.2. The molecule has 2 aliphatic heterocycles. The van der Waals surface area contributed by atoms with Crippen molar-refractivity contribution in [2.75, 3.05) is 0 Å². The fraction of sp³-hybridized carbons (Fsp3) is 0.0172. The summed E-state index contributed by atoms with van der Waals surface area (Å²) in [6.07, 6.45) is 0. The first kappa shape index (κ1) is 35.5. The molecule has 1 spiro atoms. The molecule has 5 heterocycles. The first-order chi connectivity index (χ1) is 31.8. The third kappa shape index (κ3) is 4.83. The lowest BCUT2D eigenvalue weighted by Crippen LogP contribution is -2.37. The number of hydrogen-bond acceptors (Lipinski definition) is 4. The third-order valence-corrected chi connectivity index (χ3v) is 14.6. The molecule has 2 aliphatic rings. The summed E-state index contributed by atoms with van der Waals surface area (Å²) in [5, 5.41) is 5.03. The maximum absolute atomic E-state index is 5.10. The molecule has 3 aromatic heterocycles. The predicted octanol–water partition coefficient (Wildman–Crippen LogP) is 14.2. The van der Waals surface area contributed by atoms with Gasteiger partial charge in [0.25, 0.3) is 0 Å². The molecule has 0 amide bonds. The lowest BCUT2D eigenvalue weighted by atomic mass is 9.62. The van der Waals surface area contributed by atoms with E-state index in [0.29, 0.717) is 17.5 Å². The van der Waals surface area contributed by atoms with Crippen molar-refractivity contribution in [3.05, 3.63) is 235 Å². The number of benzene rings is 9. The largest absolute Gasteiger partial charge is 0.309 e.